The van der Waals surface area contributed by atoms with Crippen LogP contribution in [0.3, 0.4) is 0 Å². The molecule has 1 aromatic heterocycles. The lowest BCUT2D eigenvalue weighted by molar-refractivity contribution is 0.102. The van der Waals surface area contributed by atoms with Crippen molar-refractivity contribution in [3.63, 3.8) is 0 Å². The van der Waals surface area contributed by atoms with Gasteiger partial charge >= 0.3 is 0 Å². The molecular formula is C18H22N2O2S. The van der Waals surface area contributed by atoms with Crippen molar-refractivity contribution >= 4 is 22.4 Å². The van der Waals surface area contributed by atoms with E-state index in [1.165, 1.54) is 11.3 Å². The number of carbonyl (C=O) groups excluding carboxylic acids is 1. The predicted molar refractivity (Wildman–Crippen MR) is 93.5 cm³/mol. The number of aromatic nitrogens is 1. The summed E-state index contributed by atoms with van der Waals surface area (Å²) in [6, 6.07) is 7.35. The molecule has 3 rings (SSSR count). The Morgan fingerprint density at radius 3 is 3.09 bits per heavy atom. The lowest BCUT2D eigenvalue weighted by Crippen LogP contribution is -2.14. The first-order chi connectivity index (χ1) is 11.2. The zero-order chi connectivity index (χ0) is 16.2. The Morgan fingerprint density at radius 2 is 2.26 bits per heavy atom. The molecule has 0 bridgehead atoms. The van der Waals surface area contributed by atoms with Gasteiger partial charge in [0.05, 0.1) is 17.9 Å². The van der Waals surface area contributed by atoms with Gasteiger partial charge in [-0.2, -0.15) is 0 Å². The zero-order valence-corrected chi connectivity index (χ0v) is 14.4. The van der Waals surface area contributed by atoms with Gasteiger partial charge in [-0.15, -0.1) is 11.3 Å². The average molecular weight is 330 g/mol. The molecule has 0 fully saturated rings. The van der Waals surface area contributed by atoms with E-state index < -0.39 is 0 Å². The van der Waals surface area contributed by atoms with Crippen LogP contribution in [0.1, 0.15) is 47.6 Å². The fraction of sp³-hybridized carbons (Fsp3) is 0.444. The standard InChI is InChI=1S/C18H22N2O2S/c1-3-10-22-15-7-5-4-6-13(15)17(21)20-18-19-14-9-8-12(2)11-16(14)23-18/h4-7,12H,3,8-11H2,1-2H3,(H,19,20,21). The van der Waals surface area contributed by atoms with Crippen LogP contribution in [-0.4, -0.2) is 17.5 Å². The van der Waals surface area contributed by atoms with Gasteiger partial charge in [0.2, 0.25) is 0 Å². The Labute approximate surface area is 140 Å². The molecule has 0 aliphatic heterocycles. The molecule has 4 nitrogen and oxygen atoms in total. The number of amides is 1. The number of carbonyl (C=O) groups is 1. The second-order valence-corrected chi connectivity index (χ2v) is 7.12. The van der Waals surface area contributed by atoms with E-state index in [1.54, 1.807) is 17.4 Å². The normalized spacial score (nSPS) is 16.7. The highest BCUT2D eigenvalue weighted by Gasteiger charge is 2.21. The van der Waals surface area contributed by atoms with Gasteiger partial charge in [-0.3, -0.25) is 10.1 Å². The molecule has 0 saturated heterocycles. The molecule has 1 aliphatic rings. The van der Waals surface area contributed by atoms with Gasteiger partial charge in [0.1, 0.15) is 5.75 Å². The number of nitrogens with one attached hydrogen (secondary N) is 1. The number of aryl methyl sites for hydroxylation is 1. The molecule has 1 aliphatic carbocycles. The summed E-state index contributed by atoms with van der Waals surface area (Å²) in [6.45, 7) is 4.92. The summed E-state index contributed by atoms with van der Waals surface area (Å²) in [5.41, 5.74) is 1.71. The van der Waals surface area contributed by atoms with E-state index in [9.17, 15) is 4.79 Å². The van der Waals surface area contributed by atoms with Crippen LogP contribution in [0.2, 0.25) is 0 Å². The molecule has 1 amide bonds. The first-order valence-electron chi connectivity index (χ1n) is 8.19. The number of hydrogen-bond acceptors (Lipinski definition) is 4. The zero-order valence-electron chi connectivity index (χ0n) is 13.6. The predicted octanol–water partition coefficient (Wildman–Crippen LogP) is 4.31. The van der Waals surface area contributed by atoms with E-state index in [-0.39, 0.29) is 5.91 Å². The summed E-state index contributed by atoms with van der Waals surface area (Å²) < 4.78 is 5.66. The number of rotatable bonds is 5. The highest BCUT2D eigenvalue weighted by atomic mass is 32.1. The molecule has 5 heteroatoms. The van der Waals surface area contributed by atoms with Crippen molar-refractivity contribution in [1.29, 1.82) is 0 Å². The number of thiazole rings is 1. The average Bonchev–Trinajstić information content (AvgIpc) is 2.94. The van der Waals surface area contributed by atoms with Crippen molar-refractivity contribution < 1.29 is 9.53 Å². The third kappa shape index (κ3) is 3.72. The van der Waals surface area contributed by atoms with E-state index >= 15 is 0 Å². The van der Waals surface area contributed by atoms with Crippen LogP contribution in [0.15, 0.2) is 24.3 Å². The maximum atomic E-state index is 12.6. The molecule has 23 heavy (non-hydrogen) atoms. The molecular weight excluding hydrogens is 308 g/mol. The Kier molecular flexibility index (Phi) is 4.96. The van der Waals surface area contributed by atoms with E-state index in [4.69, 9.17) is 4.74 Å². The fourth-order valence-electron chi connectivity index (χ4n) is 2.75. The van der Waals surface area contributed by atoms with Crippen LogP contribution >= 0.6 is 11.3 Å². The van der Waals surface area contributed by atoms with Gasteiger partial charge in [0, 0.05) is 4.88 Å². The van der Waals surface area contributed by atoms with Crippen LogP contribution in [0.5, 0.6) is 5.75 Å². The van der Waals surface area contributed by atoms with E-state index in [0.717, 1.165) is 25.0 Å². The van der Waals surface area contributed by atoms with E-state index in [1.807, 2.05) is 25.1 Å². The number of para-hydroxylation sites is 1. The van der Waals surface area contributed by atoms with Gasteiger partial charge in [0.25, 0.3) is 5.91 Å². The highest BCUT2D eigenvalue weighted by molar-refractivity contribution is 7.15. The van der Waals surface area contributed by atoms with E-state index in [2.05, 4.69) is 17.2 Å². The number of fused-ring (bicyclic) bond motifs is 1. The van der Waals surface area contributed by atoms with Crippen LogP contribution < -0.4 is 10.1 Å². The Bertz CT molecular complexity index is 696. The SMILES string of the molecule is CCCOc1ccccc1C(=O)Nc1nc2c(s1)CC(C)CC2. The minimum Gasteiger partial charge on any atom is -0.493 e. The fourth-order valence-corrected chi connectivity index (χ4v) is 3.92. The molecule has 1 aromatic carbocycles. The lowest BCUT2D eigenvalue weighted by atomic mass is 9.93. The van der Waals surface area contributed by atoms with Crippen LogP contribution in [0.4, 0.5) is 5.13 Å². The summed E-state index contributed by atoms with van der Waals surface area (Å²) in [4.78, 5) is 18.5. The molecule has 1 atom stereocenters. The maximum absolute atomic E-state index is 12.6. The number of ether oxygens (including phenoxy) is 1. The number of benzene rings is 1. The number of hydrogen-bond donors (Lipinski definition) is 1. The molecule has 122 valence electrons. The Morgan fingerprint density at radius 1 is 1.43 bits per heavy atom. The molecule has 0 radical (unpaired) electrons. The lowest BCUT2D eigenvalue weighted by Gasteiger charge is -2.15. The molecule has 2 aromatic rings. The first kappa shape index (κ1) is 16.0. The Balaban J connectivity index is 1.75. The number of nitrogens with zero attached hydrogens (tertiary/aromatic N) is 1. The third-order valence-corrected chi connectivity index (χ3v) is 5.04. The van der Waals surface area contributed by atoms with Crippen LogP contribution in [0, 0.1) is 5.92 Å². The van der Waals surface area contributed by atoms with Gasteiger partial charge in [-0.1, -0.05) is 26.0 Å². The highest BCUT2D eigenvalue weighted by Crippen LogP contribution is 2.32. The molecule has 1 heterocycles. The maximum Gasteiger partial charge on any atom is 0.261 e. The van der Waals surface area contributed by atoms with Crippen LogP contribution in [0.25, 0.3) is 0 Å². The quantitative estimate of drug-likeness (QED) is 0.889. The largest absolute Gasteiger partial charge is 0.493 e. The third-order valence-electron chi connectivity index (χ3n) is 4.00. The van der Waals surface area contributed by atoms with Gasteiger partial charge in [-0.05, 0) is 43.7 Å². The molecule has 1 N–H and O–H groups in total. The monoisotopic (exact) mass is 330 g/mol. The van der Waals surface area contributed by atoms with Crippen molar-refractivity contribution in [3.05, 3.63) is 40.4 Å². The van der Waals surface area contributed by atoms with Crippen molar-refractivity contribution in [1.82, 2.24) is 4.98 Å². The Hall–Kier alpha value is -1.88. The minimum absolute atomic E-state index is 0.157. The molecule has 0 saturated carbocycles. The minimum atomic E-state index is -0.157. The van der Waals surface area contributed by atoms with E-state index in [0.29, 0.717) is 29.0 Å². The van der Waals surface area contributed by atoms with Gasteiger partial charge in [0.15, 0.2) is 5.13 Å². The van der Waals surface area contributed by atoms with Crippen molar-refractivity contribution in [2.24, 2.45) is 5.92 Å². The summed E-state index contributed by atoms with van der Waals surface area (Å²) in [5.74, 6) is 1.17. The van der Waals surface area contributed by atoms with Crippen molar-refractivity contribution in [3.8, 4) is 5.75 Å². The van der Waals surface area contributed by atoms with Crippen molar-refractivity contribution in [2.45, 2.75) is 39.5 Å². The van der Waals surface area contributed by atoms with Crippen LogP contribution in [-0.2, 0) is 12.8 Å². The molecule has 1 unspecified atom stereocenters. The second-order valence-electron chi connectivity index (χ2n) is 6.04. The first-order valence-corrected chi connectivity index (χ1v) is 9.00. The summed E-state index contributed by atoms with van der Waals surface area (Å²) in [7, 11) is 0. The van der Waals surface area contributed by atoms with Crippen molar-refractivity contribution in [2.75, 3.05) is 11.9 Å². The smallest absolute Gasteiger partial charge is 0.261 e. The summed E-state index contributed by atoms with van der Waals surface area (Å²) >= 11 is 1.60. The second kappa shape index (κ2) is 7.13. The summed E-state index contributed by atoms with van der Waals surface area (Å²) in [5, 5.41) is 3.63. The van der Waals surface area contributed by atoms with Gasteiger partial charge < -0.3 is 4.74 Å². The topological polar surface area (TPSA) is 51.2 Å². The molecule has 0 spiro atoms. The summed E-state index contributed by atoms with van der Waals surface area (Å²) in [6.07, 6.45) is 4.17. The van der Waals surface area contributed by atoms with Gasteiger partial charge in [-0.25, -0.2) is 4.98 Å². The number of anilines is 1.